The van der Waals surface area contributed by atoms with Gasteiger partial charge in [0.2, 0.25) is 5.91 Å². The number of amides is 2. The van der Waals surface area contributed by atoms with Gasteiger partial charge in [0.25, 0.3) is 5.91 Å². The first-order valence-corrected chi connectivity index (χ1v) is 12.4. The second kappa shape index (κ2) is 12.6. The van der Waals surface area contributed by atoms with Gasteiger partial charge in [-0.1, -0.05) is 46.1 Å². The molecular formula is C22H36N2O5S. The number of carbonyl (C=O) groups is 2. The third kappa shape index (κ3) is 7.97. The monoisotopic (exact) mass is 440 g/mol. The van der Waals surface area contributed by atoms with Gasteiger partial charge in [-0.25, -0.2) is 8.42 Å². The molecule has 1 atom stereocenters. The van der Waals surface area contributed by atoms with Crippen LogP contribution >= 0.6 is 0 Å². The number of sulfone groups is 1. The molecule has 0 heterocycles. The van der Waals surface area contributed by atoms with Gasteiger partial charge in [0, 0.05) is 19.2 Å². The van der Waals surface area contributed by atoms with Gasteiger partial charge >= 0.3 is 0 Å². The van der Waals surface area contributed by atoms with Crippen molar-refractivity contribution in [2.75, 3.05) is 19.3 Å². The summed E-state index contributed by atoms with van der Waals surface area (Å²) in [6, 6.07) is 4.56. The van der Waals surface area contributed by atoms with Crippen molar-refractivity contribution >= 4 is 21.7 Å². The third-order valence-corrected chi connectivity index (χ3v) is 7.35. The summed E-state index contributed by atoms with van der Waals surface area (Å²) < 4.78 is 26.1. The number of likely N-dealkylation sites (N-methyl/N-ethyl adjacent to an activating group) is 1. The SMILES string of the molecule is CCCCN(C)C(=O)C(CS(=O)(=O)C(CCC)CCC)NC(=O)c1cccc(O)c1. The van der Waals surface area contributed by atoms with Gasteiger partial charge in [-0.3, -0.25) is 9.59 Å². The molecule has 0 aliphatic heterocycles. The van der Waals surface area contributed by atoms with E-state index in [9.17, 15) is 23.1 Å². The lowest BCUT2D eigenvalue weighted by molar-refractivity contribution is -0.131. The van der Waals surface area contributed by atoms with Gasteiger partial charge < -0.3 is 15.3 Å². The molecule has 1 rings (SSSR count). The highest BCUT2D eigenvalue weighted by Gasteiger charge is 2.33. The maximum Gasteiger partial charge on any atom is 0.252 e. The average molecular weight is 441 g/mol. The van der Waals surface area contributed by atoms with Gasteiger partial charge in [-0.2, -0.15) is 0 Å². The van der Waals surface area contributed by atoms with Gasteiger partial charge in [-0.05, 0) is 37.5 Å². The summed E-state index contributed by atoms with van der Waals surface area (Å²) in [5, 5.41) is 11.7. The number of phenols is 1. The van der Waals surface area contributed by atoms with Crippen LogP contribution in [-0.2, 0) is 14.6 Å². The Morgan fingerprint density at radius 1 is 1.10 bits per heavy atom. The highest BCUT2D eigenvalue weighted by atomic mass is 32.2. The fourth-order valence-corrected chi connectivity index (χ4v) is 5.50. The van der Waals surface area contributed by atoms with Crippen molar-refractivity contribution < 1.29 is 23.1 Å². The second-order valence-electron chi connectivity index (χ2n) is 7.72. The van der Waals surface area contributed by atoms with Crippen LogP contribution in [0.1, 0.15) is 69.7 Å². The summed E-state index contributed by atoms with van der Waals surface area (Å²) in [5.41, 5.74) is 0.167. The fourth-order valence-electron chi connectivity index (χ4n) is 3.35. The second-order valence-corrected chi connectivity index (χ2v) is 10.0. The van der Waals surface area contributed by atoms with Crippen LogP contribution < -0.4 is 5.32 Å². The van der Waals surface area contributed by atoms with E-state index in [1.54, 1.807) is 7.05 Å². The van der Waals surface area contributed by atoms with Gasteiger partial charge in [0.1, 0.15) is 11.8 Å². The third-order valence-electron chi connectivity index (χ3n) is 5.06. The summed E-state index contributed by atoms with van der Waals surface area (Å²) >= 11 is 0. The number of aromatic hydroxyl groups is 1. The van der Waals surface area contributed by atoms with Crippen LogP contribution in [0.5, 0.6) is 5.75 Å². The number of unbranched alkanes of at least 4 members (excludes halogenated alkanes) is 1. The van der Waals surface area contributed by atoms with E-state index < -0.39 is 38.7 Å². The largest absolute Gasteiger partial charge is 0.508 e. The molecule has 0 radical (unpaired) electrons. The Bertz CT molecular complexity index is 788. The highest BCUT2D eigenvalue weighted by molar-refractivity contribution is 7.92. The van der Waals surface area contributed by atoms with E-state index >= 15 is 0 Å². The molecule has 7 nitrogen and oxygen atoms in total. The van der Waals surface area contributed by atoms with Crippen molar-refractivity contribution in [1.82, 2.24) is 10.2 Å². The first-order valence-electron chi connectivity index (χ1n) is 10.7. The summed E-state index contributed by atoms with van der Waals surface area (Å²) in [5.74, 6) is -1.53. The van der Waals surface area contributed by atoms with Gasteiger partial charge in [-0.15, -0.1) is 0 Å². The molecule has 2 N–H and O–H groups in total. The van der Waals surface area contributed by atoms with Crippen molar-refractivity contribution in [3.05, 3.63) is 29.8 Å². The summed E-state index contributed by atoms with van der Waals surface area (Å²) in [6.07, 6.45) is 4.21. The zero-order valence-electron chi connectivity index (χ0n) is 18.6. The van der Waals surface area contributed by atoms with E-state index in [-0.39, 0.29) is 11.3 Å². The van der Waals surface area contributed by atoms with E-state index in [1.807, 2.05) is 20.8 Å². The quantitative estimate of drug-likeness (QED) is 0.490. The summed E-state index contributed by atoms with van der Waals surface area (Å²) in [7, 11) is -1.97. The topological polar surface area (TPSA) is 104 Å². The van der Waals surface area contributed by atoms with E-state index in [4.69, 9.17) is 0 Å². The maximum absolute atomic E-state index is 13.1. The van der Waals surface area contributed by atoms with Crippen LogP contribution in [0.3, 0.4) is 0 Å². The zero-order valence-corrected chi connectivity index (χ0v) is 19.4. The number of benzene rings is 1. The molecular weight excluding hydrogens is 404 g/mol. The molecule has 0 bridgehead atoms. The molecule has 1 aromatic rings. The molecule has 0 spiro atoms. The smallest absolute Gasteiger partial charge is 0.252 e. The first kappa shape index (κ1) is 25.9. The van der Waals surface area contributed by atoms with Crippen LogP contribution in [0.2, 0.25) is 0 Å². The fraction of sp³-hybridized carbons (Fsp3) is 0.636. The molecule has 0 aromatic heterocycles. The Morgan fingerprint density at radius 3 is 2.27 bits per heavy atom. The molecule has 0 aliphatic rings. The van der Waals surface area contributed by atoms with Crippen LogP contribution in [-0.4, -0.2) is 60.9 Å². The Morgan fingerprint density at radius 2 is 1.73 bits per heavy atom. The molecule has 0 saturated carbocycles. The molecule has 170 valence electrons. The Balaban J connectivity index is 3.13. The zero-order chi connectivity index (χ0) is 22.7. The molecule has 1 unspecified atom stereocenters. The van der Waals surface area contributed by atoms with Crippen LogP contribution in [0.15, 0.2) is 24.3 Å². The number of rotatable bonds is 13. The van der Waals surface area contributed by atoms with Crippen molar-refractivity contribution in [1.29, 1.82) is 0 Å². The molecule has 0 aliphatic carbocycles. The first-order chi connectivity index (χ1) is 14.2. The number of hydrogen-bond acceptors (Lipinski definition) is 5. The maximum atomic E-state index is 13.1. The van der Waals surface area contributed by atoms with Crippen molar-refractivity contribution in [3.8, 4) is 5.75 Å². The standard InChI is InChI=1S/C22H36N2O5S/c1-5-8-14-24(4)22(27)20(16-30(28,29)19(10-6-2)11-7-3)23-21(26)17-12-9-13-18(25)15-17/h9,12-13,15,19-20,25H,5-8,10-11,14,16H2,1-4H3,(H,23,26). The van der Waals surface area contributed by atoms with Crippen LogP contribution in [0, 0.1) is 0 Å². The Kier molecular flexibility index (Phi) is 10.9. The summed E-state index contributed by atoms with van der Waals surface area (Å²) in [4.78, 5) is 27.1. The Labute approximate surface area is 180 Å². The number of nitrogens with one attached hydrogen (secondary N) is 1. The highest BCUT2D eigenvalue weighted by Crippen LogP contribution is 2.18. The molecule has 1 aromatic carbocycles. The molecule has 2 amide bonds. The minimum atomic E-state index is -3.59. The van der Waals surface area contributed by atoms with E-state index in [1.165, 1.54) is 29.2 Å². The van der Waals surface area contributed by atoms with Gasteiger partial charge in [0.05, 0.1) is 11.0 Å². The molecule has 30 heavy (non-hydrogen) atoms. The van der Waals surface area contributed by atoms with Crippen molar-refractivity contribution in [3.63, 3.8) is 0 Å². The Hall–Kier alpha value is -2.09. The van der Waals surface area contributed by atoms with E-state index in [2.05, 4.69) is 5.32 Å². The van der Waals surface area contributed by atoms with E-state index in [0.717, 1.165) is 25.7 Å². The number of carbonyl (C=O) groups excluding carboxylic acids is 2. The number of phenolic OH excluding ortho intramolecular Hbond substituents is 1. The minimum absolute atomic E-state index is 0.0795. The lowest BCUT2D eigenvalue weighted by Gasteiger charge is -2.26. The van der Waals surface area contributed by atoms with Gasteiger partial charge in [0.15, 0.2) is 9.84 Å². The minimum Gasteiger partial charge on any atom is -0.508 e. The predicted molar refractivity (Wildman–Crippen MR) is 119 cm³/mol. The van der Waals surface area contributed by atoms with E-state index in [0.29, 0.717) is 19.4 Å². The predicted octanol–water partition coefficient (Wildman–Crippen LogP) is 3.13. The number of hydrogen-bond donors (Lipinski definition) is 2. The van der Waals surface area contributed by atoms with Crippen LogP contribution in [0.25, 0.3) is 0 Å². The molecule has 8 heteroatoms. The van der Waals surface area contributed by atoms with Crippen molar-refractivity contribution in [2.45, 2.75) is 70.6 Å². The molecule has 0 fully saturated rings. The van der Waals surface area contributed by atoms with Crippen LogP contribution in [0.4, 0.5) is 0 Å². The lowest BCUT2D eigenvalue weighted by Crippen LogP contribution is -2.52. The number of nitrogens with zero attached hydrogens (tertiary/aromatic N) is 1. The normalized spacial score (nSPS) is 12.6. The van der Waals surface area contributed by atoms with Crippen molar-refractivity contribution in [2.24, 2.45) is 0 Å². The lowest BCUT2D eigenvalue weighted by atomic mass is 10.1. The summed E-state index contributed by atoms with van der Waals surface area (Å²) in [6.45, 7) is 6.36. The average Bonchev–Trinajstić information content (AvgIpc) is 2.70. The molecule has 0 saturated heterocycles.